The van der Waals surface area contributed by atoms with E-state index >= 15 is 0 Å². The molecule has 0 spiro atoms. The normalized spacial score (nSPS) is 18.5. The first-order chi connectivity index (χ1) is 9.63. The number of carbonyl (C=O) groups is 1. The molecule has 104 valence electrons. The molecule has 0 N–H and O–H groups in total. The monoisotopic (exact) mass is 291 g/mol. The first-order valence-corrected chi connectivity index (χ1v) is 6.86. The van der Waals surface area contributed by atoms with Crippen LogP contribution in [0.4, 0.5) is 0 Å². The van der Waals surface area contributed by atoms with Gasteiger partial charge in [0.05, 0.1) is 5.92 Å². The fourth-order valence-corrected chi connectivity index (χ4v) is 2.48. The van der Waals surface area contributed by atoms with Crippen molar-refractivity contribution in [1.29, 1.82) is 0 Å². The van der Waals surface area contributed by atoms with Crippen molar-refractivity contribution in [3.8, 4) is 11.5 Å². The van der Waals surface area contributed by atoms with E-state index in [1.807, 2.05) is 12.1 Å². The van der Waals surface area contributed by atoms with Crippen molar-refractivity contribution < 1.29 is 9.21 Å². The highest BCUT2D eigenvalue weighted by Crippen LogP contribution is 2.28. The number of hydrogen-bond donors (Lipinski definition) is 0. The SMILES string of the molecule is CC(=O)N1CCC(c2nnc(-c3ccc(Cl)cc3)o2)C1. The smallest absolute Gasteiger partial charge is 0.247 e. The summed E-state index contributed by atoms with van der Waals surface area (Å²) in [5.74, 6) is 1.30. The lowest BCUT2D eigenvalue weighted by Crippen LogP contribution is -2.25. The van der Waals surface area contributed by atoms with Crippen LogP contribution in [-0.2, 0) is 4.79 Å². The zero-order valence-electron chi connectivity index (χ0n) is 11.0. The van der Waals surface area contributed by atoms with E-state index in [0.29, 0.717) is 23.3 Å². The van der Waals surface area contributed by atoms with Gasteiger partial charge in [0, 0.05) is 30.6 Å². The number of rotatable bonds is 2. The lowest BCUT2D eigenvalue weighted by molar-refractivity contribution is -0.127. The van der Waals surface area contributed by atoms with Crippen LogP contribution in [0, 0.1) is 0 Å². The second kappa shape index (κ2) is 5.25. The topological polar surface area (TPSA) is 59.2 Å². The second-order valence-corrected chi connectivity index (χ2v) is 5.34. The summed E-state index contributed by atoms with van der Waals surface area (Å²) in [5, 5.41) is 8.84. The van der Waals surface area contributed by atoms with Gasteiger partial charge in [-0.1, -0.05) is 11.6 Å². The van der Waals surface area contributed by atoms with Gasteiger partial charge in [-0.15, -0.1) is 10.2 Å². The van der Waals surface area contributed by atoms with E-state index in [-0.39, 0.29) is 11.8 Å². The summed E-state index contributed by atoms with van der Waals surface area (Å²) in [6.45, 7) is 2.98. The first kappa shape index (κ1) is 13.1. The van der Waals surface area contributed by atoms with Gasteiger partial charge >= 0.3 is 0 Å². The minimum atomic E-state index is 0.0879. The Labute approximate surface area is 121 Å². The number of amides is 1. The molecule has 1 aliphatic rings. The molecule has 1 saturated heterocycles. The molecule has 20 heavy (non-hydrogen) atoms. The Morgan fingerprint density at radius 1 is 1.35 bits per heavy atom. The maximum atomic E-state index is 11.3. The second-order valence-electron chi connectivity index (χ2n) is 4.90. The Balaban J connectivity index is 1.77. The molecule has 1 unspecified atom stereocenters. The fourth-order valence-electron chi connectivity index (χ4n) is 2.36. The molecule has 1 aromatic carbocycles. The van der Waals surface area contributed by atoms with Crippen molar-refractivity contribution in [2.24, 2.45) is 0 Å². The van der Waals surface area contributed by atoms with Crippen LogP contribution in [-0.4, -0.2) is 34.1 Å². The molecular formula is C14H14ClN3O2. The minimum Gasteiger partial charge on any atom is -0.420 e. The van der Waals surface area contributed by atoms with Crippen molar-refractivity contribution in [2.75, 3.05) is 13.1 Å². The van der Waals surface area contributed by atoms with Gasteiger partial charge in [-0.2, -0.15) is 0 Å². The van der Waals surface area contributed by atoms with Gasteiger partial charge in [-0.25, -0.2) is 0 Å². The Kier molecular flexibility index (Phi) is 3.44. The minimum absolute atomic E-state index is 0.0879. The molecule has 1 amide bonds. The van der Waals surface area contributed by atoms with Crippen LogP contribution in [0.1, 0.15) is 25.2 Å². The van der Waals surface area contributed by atoms with Crippen LogP contribution in [0.5, 0.6) is 0 Å². The quantitative estimate of drug-likeness (QED) is 0.853. The zero-order chi connectivity index (χ0) is 14.1. The van der Waals surface area contributed by atoms with E-state index in [9.17, 15) is 4.79 Å². The van der Waals surface area contributed by atoms with Gasteiger partial charge in [-0.05, 0) is 30.7 Å². The van der Waals surface area contributed by atoms with E-state index in [2.05, 4.69) is 10.2 Å². The number of carbonyl (C=O) groups excluding carboxylic acids is 1. The van der Waals surface area contributed by atoms with E-state index in [0.717, 1.165) is 18.5 Å². The standard InChI is InChI=1S/C14H14ClN3O2/c1-9(19)18-7-6-11(8-18)14-17-16-13(20-14)10-2-4-12(15)5-3-10/h2-5,11H,6-8H2,1H3. The number of hydrogen-bond acceptors (Lipinski definition) is 4. The van der Waals surface area contributed by atoms with Gasteiger partial charge in [0.25, 0.3) is 0 Å². The summed E-state index contributed by atoms with van der Waals surface area (Å²) < 4.78 is 5.72. The van der Waals surface area contributed by atoms with Gasteiger partial charge in [0.1, 0.15) is 0 Å². The number of benzene rings is 1. The summed E-state index contributed by atoms with van der Waals surface area (Å²) in [6, 6.07) is 7.26. The average Bonchev–Trinajstić information content (AvgIpc) is 3.08. The molecule has 0 saturated carbocycles. The summed E-state index contributed by atoms with van der Waals surface area (Å²) >= 11 is 5.85. The predicted octanol–water partition coefficient (Wildman–Crippen LogP) is 2.73. The highest BCUT2D eigenvalue weighted by atomic mass is 35.5. The summed E-state index contributed by atoms with van der Waals surface area (Å²) in [5.41, 5.74) is 0.842. The maximum Gasteiger partial charge on any atom is 0.247 e. The third kappa shape index (κ3) is 2.54. The average molecular weight is 292 g/mol. The summed E-state index contributed by atoms with van der Waals surface area (Å²) in [7, 11) is 0. The first-order valence-electron chi connectivity index (χ1n) is 6.48. The van der Waals surface area contributed by atoms with Crippen LogP contribution in [0.25, 0.3) is 11.5 Å². The molecular weight excluding hydrogens is 278 g/mol. The van der Waals surface area contributed by atoms with Gasteiger partial charge in [-0.3, -0.25) is 4.79 Å². The van der Waals surface area contributed by atoms with Crippen LogP contribution >= 0.6 is 11.6 Å². The molecule has 1 aromatic heterocycles. The third-order valence-corrected chi connectivity index (χ3v) is 3.77. The maximum absolute atomic E-state index is 11.3. The molecule has 0 bridgehead atoms. The van der Waals surface area contributed by atoms with Crippen molar-refractivity contribution in [2.45, 2.75) is 19.3 Å². The van der Waals surface area contributed by atoms with Crippen LogP contribution < -0.4 is 0 Å². The van der Waals surface area contributed by atoms with Crippen molar-refractivity contribution in [1.82, 2.24) is 15.1 Å². The molecule has 2 aromatic rings. The lowest BCUT2D eigenvalue weighted by atomic mass is 10.1. The number of likely N-dealkylation sites (tertiary alicyclic amines) is 1. The molecule has 0 radical (unpaired) electrons. The Morgan fingerprint density at radius 3 is 2.75 bits per heavy atom. The largest absolute Gasteiger partial charge is 0.420 e. The lowest BCUT2D eigenvalue weighted by Gasteiger charge is -2.11. The van der Waals surface area contributed by atoms with Crippen LogP contribution in [0.2, 0.25) is 5.02 Å². The van der Waals surface area contributed by atoms with E-state index < -0.39 is 0 Å². The zero-order valence-corrected chi connectivity index (χ0v) is 11.8. The molecule has 1 aliphatic heterocycles. The highest BCUT2D eigenvalue weighted by Gasteiger charge is 2.29. The van der Waals surface area contributed by atoms with Crippen molar-refractivity contribution in [3.63, 3.8) is 0 Å². The van der Waals surface area contributed by atoms with Gasteiger partial charge in [0.2, 0.25) is 17.7 Å². The van der Waals surface area contributed by atoms with E-state index in [4.69, 9.17) is 16.0 Å². The van der Waals surface area contributed by atoms with Gasteiger partial charge in [0.15, 0.2) is 0 Å². The van der Waals surface area contributed by atoms with E-state index in [1.54, 1.807) is 24.0 Å². The molecule has 1 fully saturated rings. The van der Waals surface area contributed by atoms with Crippen molar-refractivity contribution in [3.05, 3.63) is 35.2 Å². The Bertz CT molecular complexity index is 624. The highest BCUT2D eigenvalue weighted by molar-refractivity contribution is 6.30. The number of nitrogens with zero attached hydrogens (tertiary/aromatic N) is 3. The van der Waals surface area contributed by atoms with Crippen molar-refractivity contribution >= 4 is 17.5 Å². The van der Waals surface area contributed by atoms with Crippen LogP contribution in [0.3, 0.4) is 0 Å². The fraction of sp³-hybridized carbons (Fsp3) is 0.357. The third-order valence-electron chi connectivity index (χ3n) is 3.51. The molecule has 3 rings (SSSR count). The Hall–Kier alpha value is -1.88. The van der Waals surface area contributed by atoms with Gasteiger partial charge < -0.3 is 9.32 Å². The Morgan fingerprint density at radius 2 is 2.10 bits per heavy atom. The number of halogens is 1. The molecule has 2 heterocycles. The van der Waals surface area contributed by atoms with Crippen LogP contribution in [0.15, 0.2) is 28.7 Å². The summed E-state index contributed by atoms with van der Waals surface area (Å²) in [4.78, 5) is 13.1. The number of aromatic nitrogens is 2. The summed E-state index contributed by atoms with van der Waals surface area (Å²) in [6.07, 6.45) is 0.863. The molecule has 0 aliphatic carbocycles. The molecule has 1 atom stereocenters. The predicted molar refractivity (Wildman–Crippen MR) is 74.4 cm³/mol. The molecule has 5 nitrogen and oxygen atoms in total. The molecule has 6 heteroatoms. The van der Waals surface area contributed by atoms with E-state index in [1.165, 1.54) is 0 Å².